The van der Waals surface area contributed by atoms with Crippen LogP contribution in [0.25, 0.3) is 0 Å². The Morgan fingerprint density at radius 2 is 1.86 bits per heavy atom. The predicted octanol–water partition coefficient (Wildman–Crippen LogP) is 4.84. The van der Waals surface area contributed by atoms with Crippen molar-refractivity contribution < 1.29 is 34.0 Å². The van der Waals surface area contributed by atoms with Gasteiger partial charge in [0.05, 0.1) is 32.5 Å². The maximum absolute atomic E-state index is 10.7. The summed E-state index contributed by atoms with van der Waals surface area (Å²) < 4.78 is 22.7. The topological polar surface area (TPSA) is 119 Å². The Hall–Kier alpha value is -2.69. The second-order valence-corrected chi connectivity index (χ2v) is 9.59. The number of hydrogen-bond acceptors (Lipinski definition) is 7. The average Bonchev–Trinajstić information content (AvgIpc) is 2.85. The Labute approximate surface area is 219 Å². The van der Waals surface area contributed by atoms with E-state index < -0.39 is 18.0 Å². The highest BCUT2D eigenvalue weighted by atomic mass is 16.7. The number of rotatable bonds is 16. The lowest BCUT2D eigenvalue weighted by atomic mass is 10.0. The molecule has 3 rings (SSSR count). The van der Waals surface area contributed by atoms with E-state index in [-0.39, 0.29) is 0 Å². The van der Waals surface area contributed by atoms with Crippen molar-refractivity contribution in [3.63, 3.8) is 0 Å². The molecule has 1 aliphatic heterocycles. The molecular formula is C28H40N2O7. The van der Waals surface area contributed by atoms with Crippen LogP contribution in [0.3, 0.4) is 0 Å². The molecule has 2 aromatic carbocycles. The molecule has 0 saturated heterocycles. The number of benzene rings is 2. The molecule has 0 fully saturated rings. The molecule has 4 N–H and O–H groups in total. The van der Waals surface area contributed by atoms with E-state index in [0.29, 0.717) is 45.3 Å². The lowest BCUT2D eigenvalue weighted by Gasteiger charge is -2.33. The zero-order chi connectivity index (χ0) is 26.5. The van der Waals surface area contributed by atoms with Crippen molar-refractivity contribution in [2.24, 2.45) is 0 Å². The zero-order valence-corrected chi connectivity index (χ0v) is 21.8. The number of carbonyl (C=O) groups is 1. The minimum atomic E-state index is -1.08. The van der Waals surface area contributed by atoms with Crippen molar-refractivity contribution in [3.05, 3.63) is 59.2 Å². The largest absolute Gasteiger partial charge is 0.465 e. The fourth-order valence-electron chi connectivity index (χ4n) is 4.00. The van der Waals surface area contributed by atoms with Crippen molar-refractivity contribution in [3.8, 4) is 5.75 Å². The third-order valence-electron chi connectivity index (χ3n) is 5.95. The van der Waals surface area contributed by atoms with Crippen molar-refractivity contribution >= 4 is 11.8 Å². The number of amides is 1. The average molecular weight is 517 g/mol. The first-order valence-electron chi connectivity index (χ1n) is 12.9. The lowest BCUT2D eigenvalue weighted by molar-refractivity contribution is -0.180. The standard InChI is InChI=1S/C28H40N2O7/c1-28(2)36-20-23-17-22(10-11-26(23)37-28)25(31)18-29-12-5-3-4-6-13-34-14-15-35-19-21-8-7-9-24(16-21)30-27(32)33/h7-11,16-17,25,29-31H,3-6,12-15,18-20H2,1-2H3,(H,32,33)/t25-/m1/s1. The number of anilines is 1. The van der Waals surface area contributed by atoms with Gasteiger partial charge in [-0.2, -0.15) is 0 Å². The number of hydrogen-bond donors (Lipinski definition) is 4. The fraction of sp³-hybridized carbons (Fsp3) is 0.536. The molecule has 0 saturated carbocycles. The Kier molecular flexibility index (Phi) is 11.6. The number of ether oxygens (including phenoxy) is 4. The number of unbranched alkanes of at least 4 members (excludes halogenated alkanes) is 3. The molecule has 2 aromatic rings. The third kappa shape index (κ3) is 10.7. The Bertz CT molecular complexity index is 983. The van der Waals surface area contributed by atoms with E-state index in [9.17, 15) is 9.90 Å². The number of carboxylic acid groups (broad SMARTS) is 1. The summed E-state index contributed by atoms with van der Waals surface area (Å²) >= 11 is 0. The van der Waals surface area contributed by atoms with Crippen molar-refractivity contribution in [2.45, 2.75) is 64.6 Å². The van der Waals surface area contributed by atoms with E-state index in [1.807, 2.05) is 38.1 Å². The maximum atomic E-state index is 10.7. The fourth-order valence-corrected chi connectivity index (χ4v) is 4.00. The van der Waals surface area contributed by atoms with Crippen LogP contribution in [-0.4, -0.2) is 55.0 Å². The zero-order valence-electron chi connectivity index (χ0n) is 21.8. The summed E-state index contributed by atoms with van der Waals surface area (Å²) in [5.41, 5.74) is 3.26. The molecule has 0 aromatic heterocycles. The molecule has 9 nitrogen and oxygen atoms in total. The first-order chi connectivity index (χ1) is 17.8. The predicted molar refractivity (Wildman–Crippen MR) is 141 cm³/mol. The van der Waals surface area contributed by atoms with Crippen LogP contribution in [0.15, 0.2) is 42.5 Å². The van der Waals surface area contributed by atoms with Gasteiger partial charge in [-0.3, -0.25) is 5.32 Å². The maximum Gasteiger partial charge on any atom is 0.409 e. The molecule has 0 radical (unpaired) electrons. The van der Waals surface area contributed by atoms with Gasteiger partial charge in [0.15, 0.2) is 0 Å². The minimum absolute atomic E-state index is 0.411. The lowest BCUT2D eigenvalue weighted by Crippen LogP contribution is -2.35. The molecule has 1 amide bonds. The van der Waals surface area contributed by atoms with Gasteiger partial charge >= 0.3 is 6.09 Å². The van der Waals surface area contributed by atoms with E-state index in [1.165, 1.54) is 0 Å². The third-order valence-corrected chi connectivity index (χ3v) is 5.95. The van der Waals surface area contributed by atoms with Crippen LogP contribution in [-0.2, 0) is 27.4 Å². The molecule has 0 unspecified atom stereocenters. The number of aliphatic hydroxyl groups excluding tert-OH is 1. The highest BCUT2D eigenvalue weighted by Crippen LogP contribution is 2.32. The smallest absolute Gasteiger partial charge is 0.409 e. The number of fused-ring (bicyclic) bond motifs is 1. The van der Waals surface area contributed by atoms with E-state index in [0.717, 1.165) is 54.7 Å². The summed E-state index contributed by atoms with van der Waals surface area (Å²) in [5, 5.41) is 24.9. The first kappa shape index (κ1) is 28.9. The van der Waals surface area contributed by atoms with E-state index >= 15 is 0 Å². The Morgan fingerprint density at radius 3 is 2.70 bits per heavy atom. The van der Waals surface area contributed by atoms with Crippen LogP contribution >= 0.6 is 0 Å². The summed E-state index contributed by atoms with van der Waals surface area (Å²) in [6.45, 7) is 7.77. The molecule has 0 aliphatic carbocycles. The summed E-state index contributed by atoms with van der Waals surface area (Å²) in [5.74, 6) is 0.197. The highest BCUT2D eigenvalue weighted by molar-refractivity contribution is 5.82. The van der Waals surface area contributed by atoms with Crippen LogP contribution in [0.2, 0.25) is 0 Å². The van der Waals surface area contributed by atoms with E-state index in [4.69, 9.17) is 24.1 Å². The Balaban J connectivity index is 1.15. The highest BCUT2D eigenvalue weighted by Gasteiger charge is 2.27. The summed E-state index contributed by atoms with van der Waals surface area (Å²) in [6.07, 6.45) is 2.59. The van der Waals surface area contributed by atoms with Gasteiger partial charge in [0, 0.05) is 38.2 Å². The Morgan fingerprint density at radius 1 is 1.05 bits per heavy atom. The molecule has 37 heavy (non-hydrogen) atoms. The van der Waals surface area contributed by atoms with Crippen LogP contribution < -0.4 is 15.4 Å². The molecule has 1 aliphatic rings. The van der Waals surface area contributed by atoms with Gasteiger partial charge in [0.1, 0.15) is 5.75 Å². The van der Waals surface area contributed by atoms with Crippen LogP contribution in [0.4, 0.5) is 10.5 Å². The van der Waals surface area contributed by atoms with Gasteiger partial charge in [-0.1, -0.05) is 31.0 Å². The summed E-state index contributed by atoms with van der Waals surface area (Å²) in [4.78, 5) is 10.7. The molecular weight excluding hydrogens is 476 g/mol. The van der Waals surface area contributed by atoms with Crippen molar-refractivity contribution in [1.29, 1.82) is 0 Å². The summed E-state index contributed by atoms with van der Waals surface area (Å²) in [7, 11) is 0. The molecule has 1 atom stereocenters. The van der Waals surface area contributed by atoms with Gasteiger partial charge in [0.25, 0.3) is 0 Å². The monoisotopic (exact) mass is 516 g/mol. The van der Waals surface area contributed by atoms with E-state index in [2.05, 4.69) is 10.6 Å². The molecule has 9 heteroatoms. The summed E-state index contributed by atoms with van der Waals surface area (Å²) in [6, 6.07) is 12.9. The van der Waals surface area contributed by atoms with Crippen LogP contribution in [0.1, 0.15) is 62.3 Å². The van der Waals surface area contributed by atoms with Gasteiger partial charge in [-0.25, -0.2) is 4.79 Å². The van der Waals surface area contributed by atoms with Gasteiger partial charge < -0.3 is 34.5 Å². The first-order valence-corrected chi connectivity index (χ1v) is 12.9. The minimum Gasteiger partial charge on any atom is -0.465 e. The van der Waals surface area contributed by atoms with Crippen LogP contribution in [0, 0.1) is 0 Å². The van der Waals surface area contributed by atoms with Crippen molar-refractivity contribution in [1.82, 2.24) is 5.32 Å². The van der Waals surface area contributed by atoms with E-state index in [1.54, 1.807) is 18.2 Å². The quantitative estimate of drug-likeness (QED) is 0.234. The number of nitrogens with one attached hydrogen (secondary N) is 2. The van der Waals surface area contributed by atoms with Gasteiger partial charge in [-0.05, 0) is 54.8 Å². The number of aliphatic hydroxyl groups is 1. The van der Waals surface area contributed by atoms with Gasteiger partial charge in [-0.15, -0.1) is 0 Å². The van der Waals surface area contributed by atoms with Crippen molar-refractivity contribution in [2.75, 3.05) is 38.2 Å². The van der Waals surface area contributed by atoms with Crippen LogP contribution in [0.5, 0.6) is 5.75 Å². The van der Waals surface area contributed by atoms with Gasteiger partial charge in [0.2, 0.25) is 5.79 Å². The molecule has 0 spiro atoms. The SMILES string of the molecule is CC1(C)OCc2cc([C@H](O)CNCCCCCCOCCOCc3cccc(NC(=O)O)c3)ccc2O1. The second kappa shape index (κ2) is 14.9. The molecule has 204 valence electrons. The molecule has 1 heterocycles. The molecule has 0 bridgehead atoms. The normalized spacial score (nSPS) is 15.0. The second-order valence-electron chi connectivity index (χ2n) is 9.59.